The Balaban J connectivity index is 3.21. The fraction of sp³-hybridized carbons (Fsp3) is 0. The third-order valence-electron chi connectivity index (χ3n) is 1.30. The van der Waals surface area contributed by atoms with Crippen molar-refractivity contribution in [1.29, 1.82) is 0 Å². The smallest absolute Gasteiger partial charge is 0.193 e. The molecule has 0 fully saturated rings. The second-order valence-corrected chi connectivity index (χ2v) is 2.50. The van der Waals surface area contributed by atoms with Crippen LogP contribution in [0, 0.1) is 11.8 Å². The standard InChI is InChI=1S/C9H6ClNO/c10-8-4-1-5-9(11)7(8)3-2-6-12/h1,4-6H,11H2. The fourth-order valence-corrected chi connectivity index (χ4v) is 1.00. The molecule has 0 bridgehead atoms. The van der Waals surface area contributed by atoms with Gasteiger partial charge in [-0.3, -0.25) is 4.79 Å². The number of nitrogens with two attached hydrogens (primary N) is 1. The van der Waals surface area contributed by atoms with Crippen molar-refractivity contribution in [2.75, 3.05) is 5.73 Å². The molecule has 0 radical (unpaired) electrons. The summed E-state index contributed by atoms with van der Waals surface area (Å²) in [6, 6.07) is 5.08. The summed E-state index contributed by atoms with van der Waals surface area (Å²) in [4.78, 5) is 9.94. The van der Waals surface area contributed by atoms with E-state index in [1.54, 1.807) is 18.2 Å². The summed E-state index contributed by atoms with van der Waals surface area (Å²) < 4.78 is 0. The van der Waals surface area contributed by atoms with Gasteiger partial charge in [-0.2, -0.15) is 0 Å². The molecule has 0 unspecified atom stereocenters. The zero-order valence-electron chi connectivity index (χ0n) is 6.17. The first-order chi connectivity index (χ1) is 5.75. The molecule has 0 saturated heterocycles. The Hall–Kier alpha value is -1.46. The zero-order valence-corrected chi connectivity index (χ0v) is 6.93. The van der Waals surface area contributed by atoms with Crippen LogP contribution in [0.3, 0.4) is 0 Å². The second kappa shape index (κ2) is 3.80. The van der Waals surface area contributed by atoms with Gasteiger partial charge in [0.15, 0.2) is 6.29 Å². The molecule has 1 aromatic carbocycles. The van der Waals surface area contributed by atoms with Crippen molar-refractivity contribution in [3.8, 4) is 11.8 Å². The van der Waals surface area contributed by atoms with Gasteiger partial charge in [-0.25, -0.2) is 0 Å². The maximum Gasteiger partial charge on any atom is 0.193 e. The first kappa shape index (κ1) is 8.63. The van der Waals surface area contributed by atoms with E-state index in [0.717, 1.165) is 0 Å². The van der Waals surface area contributed by atoms with Crippen LogP contribution in [-0.2, 0) is 4.79 Å². The highest BCUT2D eigenvalue weighted by atomic mass is 35.5. The number of hydrogen-bond donors (Lipinski definition) is 1. The largest absolute Gasteiger partial charge is 0.398 e. The predicted octanol–water partition coefficient (Wildman–Crippen LogP) is 1.47. The Kier molecular flexibility index (Phi) is 2.73. The molecule has 12 heavy (non-hydrogen) atoms. The van der Waals surface area contributed by atoms with E-state index in [4.69, 9.17) is 17.3 Å². The van der Waals surface area contributed by atoms with Crippen LogP contribution < -0.4 is 5.73 Å². The first-order valence-electron chi connectivity index (χ1n) is 3.25. The average Bonchev–Trinajstić information content (AvgIpc) is 2.04. The number of nitrogen functional groups attached to an aromatic ring is 1. The van der Waals surface area contributed by atoms with Crippen molar-refractivity contribution in [3.63, 3.8) is 0 Å². The lowest BCUT2D eigenvalue weighted by Crippen LogP contribution is -1.90. The molecule has 0 heterocycles. The molecule has 1 rings (SSSR count). The fourth-order valence-electron chi connectivity index (χ4n) is 0.774. The van der Waals surface area contributed by atoms with Gasteiger partial charge in [-0.1, -0.05) is 23.6 Å². The molecule has 2 N–H and O–H groups in total. The number of aldehydes is 1. The van der Waals surface area contributed by atoms with E-state index < -0.39 is 0 Å². The zero-order chi connectivity index (χ0) is 8.97. The van der Waals surface area contributed by atoms with Crippen molar-refractivity contribution in [2.45, 2.75) is 0 Å². The monoisotopic (exact) mass is 179 g/mol. The van der Waals surface area contributed by atoms with E-state index in [0.29, 0.717) is 22.6 Å². The van der Waals surface area contributed by atoms with Gasteiger partial charge in [0, 0.05) is 5.69 Å². The number of benzene rings is 1. The van der Waals surface area contributed by atoms with Gasteiger partial charge in [0.05, 0.1) is 10.6 Å². The van der Waals surface area contributed by atoms with Crippen LogP contribution in [0.4, 0.5) is 5.69 Å². The molecule has 3 heteroatoms. The number of carbonyl (C=O) groups excluding carboxylic acids is 1. The van der Waals surface area contributed by atoms with Gasteiger partial charge in [-0.15, -0.1) is 0 Å². The van der Waals surface area contributed by atoms with Crippen LogP contribution >= 0.6 is 11.6 Å². The molecule has 0 saturated carbocycles. The lowest BCUT2D eigenvalue weighted by molar-refractivity contribution is -0.103. The minimum atomic E-state index is 0.462. The lowest BCUT2D eigenvalue weighted by atomic mass is 10.2. The van der Waals surface area contributed by atoms with E-state index >= 15 is 0 Å². The number of halogens is 1. The van der Waals surface area contributed by atoms with E-state index in [1.165, 1.54) is 0 Å². The summed E-state index contributed by atoms with van der Waals surface area (Å²) in [5, 5.41) is 0.462. The molecular formula is C9H6ClNO. The highest BCUT2D eigenvalue weighted by molar-refractivity contribution is 6.32. The molecule has 2 nitrogen and oxygen atoms in total. The van der Waals surface area contributed by atoms with Crippen LogP contribution in [0.1, 0.15) is 5.56 Å². The average molecular weight is 180 g/mol. The van der Waals surface area contributed by atoms with Gasteiger partial charge >= 0.3 is 0 Å². The van der Waals surface area contributed by atoms with Crippen LogP contribution in [0.5, 0.6) is 0 Å². The van der Waals surface area contributed by atoms with Crippen molar-refractivity contribution in [1.82, 2.24) is 0 Å². The van der Waals surface area contributed by atoms with Crippen LogP contribution in [0.15, 0.2) is 18.2 Å². The van der Waals surface area contributed by atoms with Crippen molar-refractivity contribution >= 4 is 23.6 Å². The van der Waals surface area contributed by atoms with Crippen LogP contribution in [0.25, 0.3) is 0 Å². The van der Waals surface area contributed by atoms with Crippen LogP contribution in [-0.4, -0.2) is 6.29 Å². The lowest BCUT2D eigenvalue weighted by Gasteiger charge is -1.98. The topological polar surface area (TPSA) is 43.1 Å². The SMILES string of the molecule is Nc1cccc(Cl)c1C#CC=O. The molecule has 0 aliphatic carbocycles. The molecule has 0 amide bonds. The number of carbonyl (C=O) groups is 1. The Labute approximate surface area is 75.3 Å². The molecule has 0 spiro atoms. The van der Waals surface area contributed by atoms with Gasteiger partial charge in [0.1, 0.15) is 0 Å². The maximum atomic E-state index is 9.94. The normalized spacial score (nSPS) is 8.42. The summed E-state index contributed by atoms with van der Waals surface area (Å²) >= 11 is 5.77. The number of hydrogen-bond acceptors (Lipinski definition) is 2. The Morgan fingerprint density at radius 3 is 2.83 bits per heavy atom. The molecule has 0 aliphatic heterocycles. The second-order valence-electron chi connectivity index (χ2n) is 2.09. The van der Waals surface area contributed by atoms with Gasteiger partial charge in [0.25, 0.3) is 0 Å². The third-order valence-corrected chi connectivity index (χ3v) is 1.62. The van der Waals surface area contributed by atoms with E-state index in [-0.39, 0.29) is 0 Å². The summed E-state index contributed by atoms with van der Waals surface area (Å²) in [5.41, 5.74) is 6.55. The van der Waals surface area contributed by atoms with Crippen molar-refractivity contribution in [2.24, 2.45) is 0 Å². The van der Waals surface area contributed by atoms with Gasteiger partial charge in [-0.05, 0) is 18.1 Å². The van der Waals surface area contributed by atoms with E-state index in [9.17, 15) is 4.79 Å². The minimum absolute atomic E-state index is 0.462. The Bertz CT molecular complexity index is 342. The number of rotatable bonds is 0. The summed E-state index contributed by atoms with van der Waals surface area (Å²) in [6.07, 6.45) is 0.503. The highest BCUT2D eigenvalue weighted by Crippen LogP contribution is 2.20. The predicted molar refractivity (Wildman–Crippen MR) is 48.8 cm³/mol. The third kappa shape index (κ3) is 1.77. The maximum absolute atomic E-state index is 9.94. The molecule has 0 aromatic heterocycles. The summed E-state index contributed by atoms with van der Waals surface area (Å²) in [7, 11) is 0. The molecular weight excluding hydrogens is 174 g/mol. The Morgan fingerprint density at radius 1 is 1.50 bits per heavy atom. The van der Waals surface area contributed by atoms with Crippen molar-refractivity contribution < 1.29 is 4.79 Å². The highest BCUT2D eigenvalue weighted by Gasteiger charge is 1.99. The van der Waals surface area contributed by atoms with Gasteiger partial charge in [0.2, 0.25) is 0 Å². The minimum Gasteiger partial charge on any atom is -0.398 e. The van der Waals surface area contributed by atoms with Crippen molar-refractivity contribution in [3.05, 3.63) is 28.8 Å². The van der Waals surface area contributed by atoms with Gasteiger partial charge < -0.3 is 5.73 Å². The molecule has 0 aliphatic rings. The first-order valence-corrected chi connectivity index (χ1v) is 3.62. The quantitative estimate of drug-likeness (QED) is 0.372. The summed E-state index contributed by atoms with van der Waals surface area (Å²) in [6.45, 7) is 0. The molecule has 0 atom stereocenters. The summed E-state index contributed by atoms with van der Waals surface area (Å²) in [5.74, 6) is 4.81. The van der Waals surface area contributed by atoms with E-state index in [1.807, 2.05) is 0 Å². The van der Waals surface area contributed by atoms with E-state index in [2.05, 4.69) is 11.8 Å². The Morgan fingerprint density at radius 2 is 2.25 bits per heavy atom. The molecule has 1 aromatic rings. The molecule has 60 valence electrons. The van der Waals surface area contributed by atoms with Crippen LogP contribution in [0.2, 0.25) is 5.02 Å². The number of anilines is 1.